The second kappa shape index (κ2) is 22.2. The van der Waals surface area contributed by atoms with Gasteiger partial charge in [0.05, 0.1) is 18.9 Å². The number of nitrogen functional groups attached to an aromatic ring is 1. The van der Waals surface area contributed by atoms with Crippen molar-refractivity contribution in [2.24, 2.45) is 0 Å². The van der Waals surface area contributed by atoms with E-state index in [1.165, 1.54) is 70.4 Å². The van der Waals surface area contributed by atoms with Crippen LogP contribution in [0.1, 0.15) is 109 Å². The van der Waals surface area contributed by atoms with Gasteiger partial charge in [-0.1, -0.05) is 103 Å². The van der Waals surface area contributed by atoms with Crippen LogP contribution in [0.25, 0.3) is 11.2 Å². The third kappa shape index (κ3) is 14.7. The van der Waals surface area contributed by atoms with Gasteiger partial charge in [-0.25, -0.2) is 15.0 Å². The third-order valence-electron chi connectivity index (χ3n) is 7.20. The predicted octanol–water partition coefficient (Wildman–Crippen LogP) is -1.64. The fourth-order valence-corrected chi connectivity index (χ4v) is 5.78. The number of nitrogens with zero attached hydrogens (tertiary/aromatic N) is 4. The van der Waals surface area contributed by atoms with Gasteiger partial charge in [0.25, 0.3) is 7.82 Å². The second-order valence-corrected chi connectivity index (χ2v) is 11.9. The molecule has 1 aliphatic rings. The van der Waals surface area contributed by atoms with E-state index in [-0.39, 0.29) is 78.0 Å². The molecule has 0 bridgehead atoms. The molecule has 230 valence electrons. The molecule has 2 N–H and O–H groups in total. The summed E-state index contributed by atoms with van der Waals surface area (Å²) in [4.78, 5) is 36.1. The fraction of sp³-hybridized carbons (Fsp3) is 0.714. The Labute approximate surface area is 299 Å². The van der Waals surface area contributed by atoms with E-state index in [0.29, 0.717) is 17.6 Å². The number of hydrogen-bond acceptors (Lipinski definition) is 11. The summed E-state index contributed by atoms with van der Waals surface area (Å²) in [5, 5.41) is 11.5. The van der Waals surface area contributed by atoms with Crippen molar-refractivity contribution < 1.29 is 92.3 Å². The van der Waals surface area contributed by atoms with Crippen molar-refractivity contribution in [1.29, 1.82) is 0 Å². The molecule has 1 aliphatic heterocycles. The monoisotopic (exact) mass is 639 g/mol. The van der Waals surface area contributed by atoms with Crippen molar-refractivity contribution >= 4 is 30.8 Å². The fourth-order valence-electron chi connectivity index (χ4n) is 4.89. The van der Waals surface area contributed by atoms with Crippen molar-refractivity contribution in [3.63, 3.8) is 0 Å². The van der Waals surface area contributed by atoms with Gasteiger partial charge in [-0.3, -0.25) is 9.13 Å². The quantitative estimate of drug-likeness (QED) is 0.0677. The van der Waals surface area contributed by atoms with Gasteiger partial charge in [0.2, 0.25) is 0 Å². The van der Waals surface area contributed by atoms with Gasteiger partial charge in [0, 0.05) is 0 Å². The molecular weight excluding hydrogens is 595 g/mol. The number of carbonyl (C=O) groups is 1. The van der Waals surface area contributed by atoms with Crippen molar-refractivity contribution in [3.05, 3.63) is 24.8 Å². The first-order chi connectivity index (χ1) is 19.8. The molecule has 2 unspecified atom stereocenters. The Morgan fingerprint density at radius 2 is 1.56 bits per heavy atom. The summed E-state index contributed by atoms with van der Waals surface area (Å²) in [5.41, 5.74) is 6.70. The Balaban J connectivity index is 0.00000462. The molecule has 43 heavy (non-hydrogen) atoms. The number of fused-ring (bicyclic) bond motifs is 1. The zero-order chi connectivity index (χ0) is 29.5. The molecule has 0 aromatic carbocycles. The zero-order valence-electron chi connectivity index (χ0n) is 26.0. The molecule has 4 atom stereocenters. The average molecular weight is 640 g/mol. The van der Waals surface area contributed by atoms with E-state index >= 15 is 0 Å². The molecule has 0 spiro atoms. The number of aliphatic carboxylic acids is 1. The van der Waals surface area contributed by atoms with E-state index in [1.54, 1.807) is 16.7 Å². The van der Waals surface area contributed by atoms with Gasteiger partial charge in [-0.2, -0.15) is 0 Å². The number of carboxylic acids is 1. The van der Waals surface area contributed by atoms with Gasteiger partial charge in [-0.15, -0.1) is 0 Å². The first-order valence-electron chi connectivity index (χ1n) is 14.9. The largest absolute Gasteiger partial charge is 1.00 e. The standard InChI is InChI=1S/C28H46N5O7P.2Na/c1-2-3-4-5-6-7-8-9-10-11-12-13-14-15-16-23(28(34)35)40-41(36,37)38-19-22-17-18-24(39-22)33-21-32-25-26(29)30-20-31-27(25)33;;/h17-18,20-24H,2-16,19H2,1H3,(H,34,35)(H,36,37)(H2,29,30,31);;/q;2*+1/p-2/t22-,23?,24+;;/m0../s1. The Hall–Kier alpha value is -0.370. The van der Waals surface area contributed by atoms with Crippen LogP contribution in [-0.2, 0) is 23.1 Å². The maximum Gasteiger partial charge on any atom is 1.00 e. The number of phosphoric acid groups is 1. The maximum absolute atomic E-state index is 12.3. The van der Waals surface area contributed by atoms with Gasteiger partial charge < -0.3 is 34.3 Å². The minimum absolute atomic E-state index is 0. The number of unbranched alkanes of at least 4 members (excludes halogenated alkanes) is 13. The Morgan fingerprint density at radius 1 is 0.977 bits per heavy atom. The van der Waals surface area contributed by atoms with Crippen LogP contribution < -0.4 is 74.8 Å². The number of phosphoric ester groups is 1. The van der Waals surface area contributed by atoms with Crippen molar-refractivity contribution in [2.45, 2.75) is 122 Å². The summed E-state index contributed by atoms with van der Waals surface area (Å²) >= 11 is 0. The molecule has 0 fully saturated rings. The zero-order valence-corrected chi connectivity index (χ0v) is 30.9. The maximum atomic E-state index is 12.3. The SMILES string of the molecule is CCCCCCCCCCCCCCCCC(OP(=O)([O-])OC[C@@H]1C=C[C@H](n2cnc3c(N)ncnc32)O1)C(=O)[O-].[Na+].[Na+]. The second-order valence-electron chi connectivity index (χ2n) is 10.6. The molecule has 0 radical (unpaired) electrons. The number of imidazole rings is 1. The Bertz CT molecular complexity index is 1160. The van der Waals surface area contributed by atoms with E-state index in [4.69, 9.17) is 19.5 Å². The smallest absolute Gasteiger partial charge is 0.756 e. The van der Waals surface area contributed by atoms with Gasteiger partial charge in [-0.05, 0) is 12.5 Å². The number of anilines is 1. The molecule has 0 amide bonds. The Kier molecular flexibility index (Phi) is 21.0. The number of carbonyl (C=O) groups excluding carboxylic acids is 1. The number of nitrogens with two attached hydrogens (primary N) is 1. The van der Waals surface area contributed by atoms with E-state index in [2.05, 4.69) is 21.9 Å². The first-order valence-corrected chi connectivity index (χ1v) is 16.4. The summed E-state index contributed by atoms with van der Waals surface area (Å²) in [5.74, 6) is -1.35. The van der Waals surface area contributed by atoms with E-state index in [9.17, 15) is 19.4 Å². The molecule has 2 aromatic heterocycles. The summed E-state index contributed by atoms with van der Waals surface area (Å²) < 4.78 is 29.5. The molecule has 12 nitrogen and oxygen atoms in total. The summed E-state index contributed by atoms with van der Waals surface area (Å²) in [6.45, 7) is 1.85. The molecule has 3 rings (SSSR count). The predicted molar refractivity (Wildman–Crippen MR) is 151 cm³/mol. The van der Waals surface area contributed by atoms with E-state index in [0.717, 1.165) is 25.7 Å². The molecule has 0 aliphatic carbocycles. The van der Waals surface area contributed by atoms with Gasteiger partial charge in [0.1, 0.15) is 24.1 Å². The van der Waals surface area contributed by atoms with Crippen molar-refractivity contribution in [1.82, 2.24) is 19.5 Å². The number of hydrogen-bond donors (Lipinski definition) is 1. The van der Waals surface area contributed by atoms with E-state index < -0.39 is 32.2 Å². The average Bonchev–Trinajstić information content (AvgIpc) is 3.59. The molecule has 0 saturated carbocycles. The number of aromatic nitrogens is 4. The molecule has 0 saturated heterocycles. The summed E-state index contributed by atoms with van der Waals surface area (Å²) in [6, 6.07) is 0. The van der Waals surface area contributed by atoms with Gasteiger partial charge >= 0.3 is 59.1 Å². The first kappa shape index (κ1) is 40.7. The van der Waals surface area contributed by atoms with Crippen LogP contribution in [0.5, 0.6) is 0 Å². The molecule has 3 heterocycles. The van der Waals surface area contributed by atoms with Gasteiger partial charge in [0.15, 0.2) is 17.7 Å². The van der Waals surface area contributed by atoms with Crippen LogP contribution in [0, 0.1) is 0 Å². The number of rotatable bonds is 22. The summed E-state index contributed by atoms with van der Waals surface area (Å²) in [6.07, 6.45) is 19.6. The van der Waals surface area contributed by atoms with Crippen LogP contribution in [0.2, 0.25) is 0 Å². The van der Waals surface area contributed by atoms with E-state index in [1.807, 2.05) is 0 Å². The van der Waals surface area contributed by atoms with Crippen molar-refractivity contribution in [3.8, 4) is 0 Å². The van der Waals surface area contributed by atoms with Crippen LogP contribution >= 0.6 is 7.82 Å². The Morgan fingerprint density at radius 3 is 2.14 bits per heavy atom. The molecule has 2 aromatic rings. The van der Waals surface area contributed by atoms with Crippen LogP contribution in [0.3, 0.4) is 0 Å². The van der Waals surface area contributed by atoms with Crippen LogP contribution in [0.4, 0.5) is 5.82 Å². The van der Waals surface area contributed by atoms with Crippen molar-refractivity contribution in [2.75, 3.05) is 12.3 Å². The normalized spacial score (nSPS) is 18.2. The summed E-state index contributed by atoms with van der Waals surface area (Å²) in [7, 11) is -4.91. The number of carboxylic acid groups (broad SMARTS) is 1. The third-order valence-corrected chi connectivity index (χ3v) is 8.18. The number of ether oxygens (including phenoxy) is 1. The topological polar surface area (TPSA) is 178 Å². The minimum atomic E-state index is -4.91. The molecule has 15 heteroatoms. The van der Waals surface area contributed by atoms with Crippen LogP contribution in [0.15, 0.2) is 24.8 Å². The minimum Gasteiger partial charge on any atom is -0.756 e. The molecular formula is C28H44N5Na2O7P. The van der Waals surface area contributed by atoms with Crippen LogP contribution in [-0.4, -0.2) is 44.3 Å².